The number of anilines is 2. The molecule has 2 aromatic carbocycles. The lowest BCUT2D eigenvalue weighted by atomic mass is 9.86. The Balaban J connectivity index is 1.88. The van der Waals surface area contributed by atoms with Crippen molar-refractivity contribution in [2.45, 2.75) is 39.2 Å². The molecule has 2 unspecified atom stereocenters. The predicted octanol–water partition coefficient (Wildman–Crippen LogP) is 4.23. The van der Waals surface area contributed by atoms with Gasteiger partial charge in [0.25, 0.3) is 0 Å². The molecule has 1 heterocycles. The topological polar surface area (TPSA) is 41.1 Å². The van der Waals surface area contributed by atoms with Crippen molar-refractivity contribution >= 4 is 17.3 Å². The molecule has 0 bridgehead atoms. The number of nitrogens with one attached hydrogen (secondary N) is 2. The number of rotatable bonds is 2. The Morgan fingerprint density at radius 3 is 2.73 bits per heavy atom. The van der Waals surface area contributed by atoms with Gasteiger partial charge in [0.1, 0.15) is 0 Å². The van der Waals surface area contributed by atoms with Gasteiger partial charge in [-0.2, -0.15) is 0 Å². The lowest BCUT2D eigenvalue weighted by Gasteiger charge is -2.30. The van der Waals surface area contributed by atoms with Gasteiger partial charge in [0.2, 0.25) is 5.91 Å². The number of carbonyl (C=O) groups is 1. The van der Waals surface area contributed by atoms with E-state index in [0.29, 0.717) is 6.04 Å². The molecular formula is C19H22N2O. The maximum Gasteiger partial charge on any atom is 0.232 e. The summed E-state index contributed by atoms with van der Waals surface area (Å²) in [6, 6.07) is 14.4. The van der Waals surface area contributed by atoms with Gasteiger partial charge in [0, 0.05) is 17.4 Å². The Kier molecular flexibility index (Phi) is 3.88. The molecule has 1 amide bonds. The minimum absolute atomic E-state index is 0.0782. The molecule has 0 radical (unpaired) electrons. The van der Waals surface area contributed by atoms with Crippen LogP contribution in [-0.4, -0.2) is 11.9 Å². The lowest BCUT2D eigenvalue weighted by molar-refractivity contribution is -0.117. The first-order chi connectivity index (χ1) is 10.6. The van der Waals surface area contributed by atoms with E-state index in [1.807, 2.05) is 43.3 Å². The highest BCUT2D eigenvalue weighted by Crippen LogP contribution is 2.35. The van der Waals surface area contributed by atoms with Crippen LogP contribution in [0.4, 0.5) is 11.4 Å². The molecule has 2 atom stereocenters. The highest BCUT2D eigenvalue weighted by atomic mass is 16.1. The van der Waals surface area contributed by atoms with E-state index in [9.17, 15) is 4.79 Å². The summed E-state index contributed by atoms with van der Waals surface area (Å²) in [4.78, 5) is 12.8. The van der Waals surface area contributed by atoms with Crippen molar-refractivity contribution in [3.63, 3.8) is 0 Å². The van der Waals surface area contributed by atoms with Crippen molar-refractivity contribution in [3.8, 4) is 0 Å². The number of para-hydroxylation sites is 1. The standard InChI is InChI=1S/C19H22N2O/c1-12-7-6-10-17(14(12)3)21-19(22)16-11-13(2)20-18-9-5-4-8-15(16)18/h4-10,13,16,20H,11H2,1-3H3,(H,21,22). The van der Waals surface area contributed by atoms with E-state index in [-0.39, 0.29) is 11.8 Å². The molecule has 2 N–H and O–H groups in total. The van der Waals surface area contributed by atoms with Crippen LogP contribution in [0.3, 0.4) is 0 Å². The number of aryl methyl sites for hydroxylation is 1. The number of fused-ring (bicyclic) bond motifs is 1. The van der Waals surface area contributed by atoms with Gasteiger partial charge in [0.05, 0.1) is 5.92 Å². The molecule has 0 spiro atoms. The predicted molar refractivity (Wildman–Crippen MR) is 91.4 cm³/mol. The van der Waals surface area contributed by atoms with E-state index >= 15 is 0 Å². The maximum absolute atomic E-state index is 12.8. The van der Waals surface area contributed by atoms with Crippen molar-refractivity contribution in [2.75, 3.05) is 10.6 Å². The zero-order chi connectivity index (χ0) is 15.7. The second-order valence-corrected chi connectivity index (χ2v) is 6.16. The van der Waals surface area contributed by atoms with Crippen LogP contribution in [0, 0.1) is 13.8 Å². The van der Waals surface area contributed by atoms with Crippen LogP contribution >= 0.6 is 0 Å². The molecule has 1 aliphatic heterocycles. The molecule has 0 aromatic heterocycles. The van der Waals surface area contributed by atoms with Gasteiger partial charge in [0.15, 0.2) is 0 Å². The quantitative estimate of drug-likeness (QED) is 0.870. The van der Waals surface area contributed by atoms with Crippen LogP contribution in [0.5, 0.6) is 0 Å². The Labute approximate surface area is 131 Å². The van der Waals surface area contributed by atoms with Crippen molar-refractivity contribution in [3.05, 3.63) is 59.2 Å². The Hall–Kier alpha value is -2.29. The number of amides is 1. The summed E-state index contributed by atoms with van der Waals surface area (Å²) in [5.41, 5.74) is 5.39. The largest absolute Gasteiger partial charge is 0.382 e. The van der Waals surface area contributed by atoms with E-state index < -0.39 is 0 Å². The minimum Gasteiger partial charge on any atom is -0.382 e. The summed E-state index contributed by atoms with van der Waals surface area (Å²) in [6.45, 7) is 6.23. The Morgan fingerprint density at radius 2 is 1.91 bits per heavy atom. The van der Waals surface area contributed by atoms with E-state index in [2.05, 4.69) is 30.5 Å². The first-order valence-electron chi connectivity index (χ1n) is 7.79. The average Bonchev–Trinajstić information content (AvgIpc) is 2.51. The molecule has 3 rings (SSSR count). The summed E-state index contributed by atoms with van der Waals surface area (Å²) in [5, 5.41) is 6.56. The fourth-order valence-corrected chi connectivity index (χ4v) is 3.09. The van der Waals surface area contributed by atoms with Gasteiger partial charge in [-0.3, -0.25) is 4.79 Å². The average molecular weight is 294 g/mol. The Bertz CT molecular complexity index is 708. The minimum atomic E-state index is -0.104. The monoisotopic (exact) mass is 294 g/mol. The molecular weight excluding hydrogens is 272 g/mol. The van der Waals surface area contributed by atoms with Gasteiger partial charge in [-0.05, 0) is 56.0 Å². The molecule has 2 aromatic rings. The van der Waals surface area contributed by atoms with Crippen LogP contribution in [0.15, 0.2) is 42.5 Å². The fraction of sp³-hybridized carbons (Fsp3) is 0.316. The van der Waals surface area contributed by atoms with Crippen LogP contribution in [0.2, 0.25) is 0 Å². The van der Waals surface area contributed by atoms with Gasteiger partial charge in [-0.1, -0.05) is 30.3 Å². The third kappa shape index (κ3) is 2.71. The molecule has 0 saturated carbocycles. The van der Waals surface area contributed by atoms with Crippen molar-refractivity contribution in [2.24, 2.45) is 0 Å². The Morgan fingerprint density at radius 1 is 1.14 bits per heavy atom. The summed E-state index contributed by atoms with van der Waals surface area (Å²) < 4.78 is 0. The lowest BCUT2D eigenvalue weighted by Crippen LogP contribution is -2.32. The molecule has 114 valence electrons. The summed E-state index contributed by atoms with van der Waals surface area (Å²) in [7, 11) is 0. The third-order valence-corrected chi connectivity index (χ3v) is 4.51. The number of hydrogen-bond acceptors (Lipinski definition) is 2. The molecule has 22 heavy (non-hydrogen) atoms. The second kappa shape index (κ2) is 5.84. The smallest absolute Gasteiger partial charge is 0.232 e. The molecule has 3 heteroatoms. The normalized spacial score (nSPS) is 20.0. The fourth-order valence-electron chi connectivity index (χ4n) is 3.09. The van der Waals surface area contributed by atoms with Crippen molar-refractivity contribution in [1.82, 2.24) is 0 Å². The maximum atomic E-state index is 12.8. The van der Waals surface area contributed by atoms with Crippen molar-refractivity contribution in [1.29, 1.82) is 0 Å². The number of benzene rings is 2. The van der Waals surface area contributed by atoms with E-state index in [1.54, 1.807) is 0 Å². The summed E-state index contributed by atoms with van der Waals surface area (Å²) in [6.07, 6.45) is 0.813. The first kappa shape index (κ1) is 14.6. The highest BCUT2D eigenvalue weighted by Gasteiger charge is 2.29. The number of hydrogen-bond donors (Lipinski definition) is 2. The van der Waals surface area contributed by atoms with Crippen LogP contribution in [-0.2, 0) is 4.79 Å². The van der Waals surface area contributed by atoms with Gasteiger partial charge in [-0.25, -0.2) is 0 Å². The third-order valence-electron chi connectivity index (χ3n) is 4.51. The van der Waals surface area contributed by atoms with Crippen molar-refractivity contribution < 1.29 is 4.79 Å². The molecule has 0 saturated heterocycles. The van der Waals surface area contributed by atoms with E-state index in [0.717, 1.165) is 28.9 Å². The van der Waals surface area contributed by atoms with Crippen LogP contribution < -0.4 is 10.6 Å². The SMILES string of the molecule is Cc1cccc(NC(=O)C2CC(C)Nc3ccccc32)c1C. The van der Waals surface area contributed by atoms with Gasteiger partial charge >= 0.3 is 0 Å². The van der Waals surface area contributed by atoms with Gasteiger partial charge < -0.3 is 10.6 Å². The van der Waals surface area contributed by atoms with E-state index in [4.69, 9.17) is 0 Å². The highest BCUT2D eigenvalue weighted by molar-refractivity contribution is 5.97. The molecule has 1 aliphatic rings. The first-order valence-corrected chi connectivity index (χ1v) is 7.79. The summed E-state index contributed by atoms with van der Waals surface area (Å²) >= 11 is 0. The zero-order valence-electron chi connectivity index (χ0n) is 13.3. The number of carbonyl (C=O) groups excluding carboxylic acids is 1. The van der Waals surface area contributed by atoms with Crippen LogP contribution in [0.1, 0.15) is 36.0 Å². The van der Waals surface area contributed by atoms with E-state index in [1.165, 1.54) is 5.56 Å². The molecule has 3 nitrogen and oxygen atoms in total. The zero-order valence-corrected chi connectivity index (χ0v) is 13.3. The summed E-state index contributed by atoms with van der Waals surface area (Å²) in [5.74, 6) is -0.0261. The molecule has 0 aliphatic carbocycles. The van der Waals surface area contributed by atoms with Gasteiger partial charge in [-0.15, -0.1) is 0 Å². The van der Waals surface area contributed by atoms with Crippen LogP contribution in [0.25, 0.3) is 0 Å². The second-order valence-electron chi connectivity index (χ2n) is 6.16. The molecule has 0 fully saturated rings.